The first-order valence-corrected chi connectivity index (χ1v) is 7.49. The molecule has 18 heavy (non-hydrogen) atoms. The maximum atomic E-state index is 9.39. The van der Waals surface area contributed by atoms with Gasteiger partial charge in [-0.2, -0.15) is 0 Å². The second kappa shape index (κ2) is 6.85. The van der Waals surface area contributed by atoms with Gasteiger partial charge in [0.1, 0.15) is 0 Å². The van der Waals surface area contributed by atoms with Crippen molar-refractivity contribution >= 4 is 0 Å². The molecule has 0 spiro atoms. The van der Waals surface area contributed by atoms with Crippen molar-refractivity contribution in [2.75, 3.05) is 45.9 Å². The molecular formula is C14H29N3O. The second-order valence-electron chi connectivity index (χ2n) is 6.25. The number of hydrogen-bond acceptors (Lipinski definition) is 4. The van der Waals surface area contributed by atoms with E-state index in [0.29, 0.717) is 6.04 Å². The smallest absolute Gasteiger partial charge is 0.0597 e. The lowest BCUT2D eigenvalue weighted by Gasteiger charge is -2.36. The molecule has 2 fully saturated rings. The minimum Gasteiger partial charge on any atom is -0.395 e. The van der Waals surface area contributed by atoms with Crippen molar-refractivity contribution in [2.45, 2.75) is 38.8 Å². The molecule has 1 atom stereocenters. The number of nitrogens with zero attached hydrogens (tertiary/aromatic N) is 2. The molecule has 1 unspecified atom stereocenters. The maximum absolute atomic E-state index is 9.39. The Kier molecular flexibility index (Phi) is 5.42. The molecule has 0 aromatic rings. The minimum atomic E-state index is 0.222. The van der Waals surface area contributed by atoms with Crippen LogP contribution in [0.1, 0.15) is 26.7 Å². The Labute approximate surface area is 111 Å². The molecule has 0 amide bonds. The van der Waals surface area contributed by atoms with Gasteiger partial charge in [-0.1, -0.05) is 13.8 Å². The Morgan fingerprint density at radius 2 is 1.72 bits per heavy atom. The summed E-state index contributed by atoms with van der Waals surface area (Å²) in [5.74, 6) is 1.00. The van der Waals surface area contributed by atoms with Crippen molar-refractivity contribution in [3.63, 3.8) is 0 Å². The van der Waals surface area contributed by atoms with E-state index in [9.17, 15) is 5.11 Å². The highest BCUT2D eigenvalue weighted by Gasteiger charge is 2.26. The van der Waals surface area contributed by atoms with E-state index in [2.05, 4.69) is 29.0 Å². The van der Waals surface area contributed by atoms with Gasteiger partial charge in [-0.25, -0.2) is 0 Å². The zero-order chi connectivity index (χ0) is 13.0. The summed E-state index contributed by atoms with van der Waals surface area (Å²) in [6.45, 7) is 11.5. The minimum absolute atomic E-state index is 0.222. The van der Waals surface area contributed by atoms with E-state index in [4.69, 9.17) is 0 Å². The van der Waals surface area contributed by atoms with Crippen LogP contribution >= 0.6 is 0 Å². The molecule has 2 N–H and O–H groups in total. The van der Waals surface area contributed by atoms with E-state index in [-0.39, 0.29) is 12.6 Å². The molecule has 0 aromatic heterocycles. The first-order valence-electron chi connectivity index (χ1n) is 7.49. The van der Waals surface area contributed by atoms with Crippen LogP contribution in [0, 0.1) is 5.92 Å². The first-order chi connectivity index (χ1) is 8.67. The second-order valence-corrected chi connectivity index (χ2v) is 6.25. The molecule has 2 rings (SSSR count). The fourth-order valence-corrected chi connectivity index (χ4v) is 2.77. The number of piperazine rings is 1. The van der Waals surface area contributed by atoms with Crippen LogP contribution < -0.4 is 5.32 Å². The third kappa shape index (κ3) is 4.84. The predicted molar refractivity (Wildman–Crippen MR) is 74.7 cm³/mol. The highest BCUT2D eigenvalue weighted by Crippen LogP contribution is 2.29. The number of hydrogen-bond donors (Lipinski definition) is 2. The Morgan fingerprint density at radius 1 is 1.11 bits per heavy atom. The molecule has 4 nitrogen and oxygen atoms in total. The SMILES string of the molecule is CC(C)NC(CO)CN1CCN(CC2CC2)CC1. The van der Waals surface area contributed by atoms with Crippen LogP contribution in [0.25, 0.3) is 0 Å². The van der Waals surface area contributed by atoms with Gasteiger partial charge in [0, 0.05) is 51.4 Å². The topological polar surface area (TPSA) is 38.7 Å². The maximum Gasteiger partial charge on any atom is 0.0597 e. The van der Waals surface area contributed by atoms with Gasteiger partial charge in [0.25, 0.3) is 0 Å². The molecule has 1 aliphatic carbocycles. The van der Waals surface area contributed by atoms with Gasteiger partial charge in [-0.3, -0.25) is 4.90 Å². The molecule has 2 aliphatic rings. The summed E-state index contributed by atoms with van der Waals surface area (Å²) in [5, 5.41) is 12.8. The van der Waals surface area contributed by atoms with E-state index in [1.165, 1.54) is 32.5 Å². The van der Waals surface area contributed by atoms with Crippen molar-refractivity contribution in [1.29, 1.82) is 0 Å². The lowest BCUT2D eigenvalue weighted by Crippen LogP contribution is -2.52. The van der Waals surface area contributed by atoms with E-state index in [1.54, 1.807) is 0 Å². The molecule has 106 valence electrons. The van der Waals surface area contributed by atoms with Crippen molar-refractivity contribution < 1.29 is 5.11 Å². The predicted octanol–water partition coefficient (Wildman–Crippen LogP) is 0.373. The van der Waals surface area contributed by atoms with Crippen LogP contribution in [0.4, 0.5) is 0 Å². The number of nitrogens with one attached hydrogen (secondary N) is 1. The van der Waals surface area contributed by atoms with Crippen LogP contribution in [-0.4, -0.2) is 72.9 Å². The Balaban J connectivity index is 1.64. The van der Waals surface area contributed by atoms with Crippen molar-refractivity contribution in [3.05, 3.63) is 0 Å². The highest BCUT2D eigenvalue weighted by molar-refractivity contribution is 4.82. The number of aliphatic hydroxyl groups is 1. The molecular weight excluding hydrogens is 226 g/mol. The highest BCUT2D eigenvalue weighted by atomic mass is 16.3. The molecule has 4 heteroatoms. The lowest BCUT2D eigenvalue weighted by atomic mass is 10.2. The van der Waals surface area contributed by atoms with Crippen LogP contribution in [0.5, 0.6) is 0 Å². The van der Waals surface area contributed by atoms with E-state index < -0.39 is 0 Å². The fraction of sp³-hybridized carbons (Fsp3) is 1.00. The van der Waals surface area contributed by atoms with E-state index in [0.717, 1.165) is 25.6 Å². The summed E-state index contributed by atoms with van der Waals surface area (Å²) < 4.78 is 0. The first kappa shape index (κ1) is 14.3. The standard InChI is InChI=1S/C14H29N3O/c1-12(2)15-14(11-18)10-17-7-5-16(6-8-17)9-13-3-4-13/h12-15,18H,3-11H2,1-2H3. The molecule has 1 heterocycles. The van der Waals surface area contributed by atoms with Crippen LogP contribution in [0.15, 0.2) is 0 Å². The molecule has 0 aromatic carbocycles. The number of rotatable bonds is 7. The van der Waals surface area contributed by atoms with Crippen LogP contribution in [0.3, 0.4) is 0 Å². The summed E-state index contributed by atoms with van der Waals surface area (Å²) in [5.41, 5.74) is 0. The zero-order valence-corrected chi connectivity index (χ0v) is 11.9. The molecule has 0 bridgehead atoms. The van der Waals surface area contributed by atoms with E-state index >= 15 is 0 Å². The van der Waals surface area contributed by atoms with Gasteiger partial charge >= 0.3 is 0 Å². The van der Waals surface area contributed by atoms with Crippen molar-refractivity contribution in [3.8, 4) is 0 Å². The van der Waals surface area contributed by atoms with Crippen molar-refractivity contribution in [1.82, 2.24) is 15.1 Å². The normalized spacial score (nSPS) is 24.7. The summed E-state index contributed by atoms with van der Waals surface area (Å²) in [7, 11) is 0. The molecule has 1 aliphatic heterocycles. The lowest BCUT2D eigenvalue weighted by molar-refractivity contribution is 0.105. The Hall–Kier alpha value is -0.160. The van der Waals surface area contributed by atoms with Gasteiger partial charge in [0.15, 0.2) is 0 Å². The largest absolute Gasteiger partial charge is 0.395 e. The van der Waals surface area contributed by atoms with Gasteiger partial charge < -0.3 is 15.3 Å². The Bertz CT molecular complexity index is 235. The number of aliphatic hydroxyl groups excluding tert-OH is 1. The molecule has 0 radical (unpaired) electrons. The van der Waals surface area contributed by atoms with Gasteiger partial charge in [0.2, 0.25) is 0 Å². The van der Waals surface area contributed by atoms with Crippen LogP contribution in [0.2, 0.25) is 0 Å². The third-order valence-corrected chi connectivity index (χ3v) is 3.95. The summed E-state index contributed by atoms with van der Waals surface area (Å²) in [6.07, 6.45) is 2.90. The molecule has 1 saturated carbocycles. The van der Waals surface area contributed by atoms with E-state index in [1.807, 2.05) is 0 Å². The summed E-state index contributed by atoms with van der Waals surface area (Å²) in [4.78, 5) is 5.09. The fourth-order valence-electron chi connectivity index (χ4n) is 2.77. The third-order valence-electron chi connectivity index (χ3n) is 3.95. The summed E-state index contributed by atoms with van der Waals surface area (Å²) in [6, 6.07) is 0.665. The van der Waals surface area contributed by atoms with Gasteiger partial charge in [-0.15, -0.1) is 0 Å². The molecule has 1 saturated heterocycles. The van der Waals surface area contributed by atoms with Gasteiger partial charge in [0.05, 0.1) is 6.61 Å². The average molecular weight is 255 g/mol. The van der Waals surface area contributed by atoms with Crippen molar-refractivity contribution in [2.24, 2.45) is 5.92 Å². The zero-order valence-electron chi connectivity index (χ0n) is 11.9. The summed E-state index contributed by atoms with van der Waals surface area (Å²) >= 11 is 0. The quantitative estimate of drug-likeness (QED) is 0.689. The van der Waals surface area contributed by atoms with Crippen LogP contribution in [-0.2, 0) is 0 Å². The Morgan fingerprint density at radius 3 is 2.22 bits per heavy atom. The monoisotopic (exact) mass is 255 g/mol. The average Bonchev–Trinajstić information content (AvgIpc) is 3.14. The van der Waals surface area contributed by atoms with Gasteiger partial charge in [-0.05, 0) is 18.8 Å².